The molecule has 3 nitrogen and oxygen atoms in total. The summed E-state index contributed by atoms with van der Waals surface area (Å²) in [7, 11) is 1.46. The summed E-state index contributed by atoms with van der Waals surface area (Å²) in [6.45, 7) is 0.326. The van der Waals surface area contributed by atoms with Crippen LogP contribution in [0.1, 0.15) is 5.76 Å². The summed E-state index contributed by atoms with van der Waals surface area (Å²) in [5.74, 6) is 0.701. The third kappa shape index (κ3) is 1.87. The lowest BCUT2D eigenvalue weighted by molar-refractivity contribution is 0.384. The summed E-state index contributed by atoms with van der Waals surface area (Å²) in [4.78, 5) is 0. The Balaban J connectivity index is 2.48. The van der Waals surface area contributed by atoms with Crippen LogP contribution in [0.5, 0.6) is 0 Å². The van der Waals surface area contributed by atoms with E-state index in [1.807, 2.05) is 0 Å². The lowest BCUT2D eigenvalue weighted by Gasteiger charge is -2.19. The zero-order chi connectivity index (χ0) is 6.69. The minimum Gasteiger partial charge on any atom is -0.785 e. The van der Waals surface area contributed by atoms with Gasteiger partial charge in [-0.25, -0.2) is 0 Å². The second kappa shape index (κ2) is 2.66. The van der Waals surface area contributed by atoms with Crippen molar-refractivity contribution in [2.24, 2.45) is 0 Å². The summed E-state index contributed by atoms with van der Waals surface area (Å²) >= 11 is 0. The van der Waals surface area contributed by atoms with Gasteiger partial charge in [0.25, 0.3) is 0 Å². The average molecular weight is 126 g/mol. The molecule has 0 unspecified atom stereocenters. The third-order valence-electron chi connectivity index (χ3n) is 0.959. The maximum Gasteiger partial charge on any atom is 0.116 e. The fourth-order valence-electron chi connectivity index (χ4n) is 0.622. The Morgan fingerprint density at radius 3 is 3.00 bits per heavy atom. The molecule has 1 aromatic rings. The van der Waals surface area contributed by atoms with Crippen molar-refractivity contribution in [2.75, 3.05) is 7.05 Å². The van der Waals surface area contributed by atoms with Gasteiger partial charge in [-0.3, -0.25) is 0 Å². The quantitative estimate of drug-likeness (QED) is 0.559. The maximum absolute atomic E-state index is 10.4. The number of furan rings is 1. The topological polar surface area (TPSA) is 39.4 Å². The van der Waals surface area contributed by atoms with E-state index in [4.69, 9.17) is 4.42 Å². The van der Waals surface area contributed by atoms with Crippen molar-refractivity contribution in [1.82, 2.24) is 5.06 Å². The molecule has 0 spiro atoms. The van der Waals surface area contributed by atoms with Gasteiger partial charge in [0, 0.05) is 6.54 Å². The SMILES string of the molecule is CN([O-])Cc1ccco1. The van der Waals surface area contributed by atoms with Crippen LogP contribution in [-0.2, 0) is 6.54 Å². The first-order chi connectivity index (χ1) is 4.29. The molecule has 0 saturated carbocycles. The molecule has 0 amide bonds. The molecule has 1 rings (SSSR count). The smallest absolute Gasteiger partial charge is 0.116 e. The zero-order valence-corrected chi connectivity index (χ0v) is 5.20. The van der Waals surface area contributed by atoms with Gasteiger partial charge in [-0.2, -0.15) is 0 Å². The van der Waals surface area contributed by atoms with Gasteiger partial charge in [-0.05, 0) is 19.2 Å². The van der Waals surface area contributed by atoms with Crippen molar-refractivity contribution in [2.45, 2.75) is 6.54 Å². The molecule has 0 saturated heterocycles. The average Bonchev–Trinajstić information content (AvgIpc) is 2.15. The Labute approximate surface area is 53.5 Å². The molecule has 50 valence electrons. The minimum absolute atomic E-state index is 0.326. The predicted octanol–water partition coefficient (Wildman–Crippen LogP) is 1.21. The standard InChI is InChI=1S/C6H8NO2/c1-7(8)5-6-3-2-4-9-6/h2-4H,5H2,1H3/q-1. The van der Waals surface area contributed by atoms with Crippen molar-refractivity contribution in [3.05, 3.63) is 29.4 Å². The van der Waals surface area contributed by atoms with E-state index >= 15 is 0 Å². The van der Waals surface area contributed by atoms with Gasteiger partial charge < -0.3 is 14.7 Å². The van der Waals surface area contributed by atoms with E-state index < -0.39 is 0 Å². The minimum atomic E-state index is 0.326. The van der Waals surface area contributed by atoms with Crippen molar-refractivity contribution in [3.8, 4) is 0 Å². The second-order valence-corrected chi connectivity index (χ2v) is 1.87. The lowest BCUT2D eigenvalue weighted by atomic mass is 10.4. The van der Waals surface area contributed by atoms with Gasteiger partial charge in [0.1, 0.15) is 5.76 Å². The molecule has 0 aliphatic heterocycles. The van der Waals surface area contributed by atoms with Crippen molar-refractivity contribution in [1.29, 1.82) is 0 Å². The van der Waals surface area contributed by atoms with E-state index in [9.17, 15) is 5.21 Å². The first kappa shape index (κ1) is 6.32. The third-order valence-corrected chi connectivity index (χ3v) is 0.959. The Morgan fingerprint density at radius 2 is 2.56 bits per heavy atom. The van der Waals surface area contributed by atoms with E-state index in [1.165, 1.54) is 7.05 Å². The van der Waals surface area contributed by atoms with Crippen LogP contribution in [0, 0.1) is 5.21 Å². The van der Waals surface area contributed by atoms with Crippen LogP contribution in [0.4, 0.5) is 0 Å². The zero-order valence-electron chi connectivity index (χ0n) is 5.20. The Bertz CT molecular complexity index is 158. The molecular weight excluding hydrogens is 118 g/mol. The highest BCUT2D eigenvalue weighted by Crippen LogP contribution is 2.01. The molecule has 0 N–H and O–H groups in total. The summed E-state index contributed by atoms with van der Waals surface area (Å²) in [5, 5.41) is 11.2. The number of nitrogens with zero attached hydrogens (tertiary/aromatic N) is 1. The van der Waals surface area contributed by atoms with E-state index in [0.717, 1.165) is 5.06 Å². The van der Waals surface area contributed by atoms with E-state index in [1.54, 1.807) is 18.4 Å². The molecule has 0 aliphatic rings. The van der Waals surface area contributed by atoms with Gasteiger partial charge in [-0.15, -0.1) is 0 Å². The number of hydroxylamine groups is 2. The molecule has 0 aromatic carbocycles. The Morgan fingerprint density at radius 1 is 1.78 bits per heavy atom. The van der Waals surface area contributed by atoms with Gasteiger partial charge in [0.05, 0.1) is 6.26 Å². The molecular formula is C6H8NO2-. The maximum atomic E-state index is 10.4. The van der Waals surface area contributed by atoms with Gasteiger partial charge in [0.2, 0.25) is 0 Å². The van der Waals surface area contributed by atoms with Crippen LogP contribution in [0.2, 0.25) is 0 Å². The van der Waals surface area contributed by atoms with E-state index in [2.05, 4.69) is 0 Å². The first-order valence-corrected chi connectivity index (χ1v) is 2.69. The van der Waals surface area contributed by atoms with E-state index in [0.29, 0.717) is 12.3 Å². The molecule has 0 bridgehead atoms. The Hall–Kier alpha value is -0.800. The molecule has 1 heterocycles. The molecule has 1 aromatic heterocycles. The number of rotatable bonds is 2. The monoisotopic (exact) mass is 126 g/mol. The predicted molar refractivity (Wildman–Crippen MR) is 33.5 cm³/mol. The van der Waals surface area contributed by atoms with Crippen LogP contribution in [0.15, 0.2) is 22.8 Å². The van der Waals surface area contributed by atoms with Crippen LogP contribution >= 0.6 is 0 Å². The normalized spacial score (nSPS) is 10.6. The van der Waals surface area contributed by atoms with Gasteiger partial charge >= 0.3 is 0 Å². The number of hydrogen-bond donors (Lipinski definition) is 0. The summed E-state index contributed by atoms with van der Waals surface area (Å²) in [5.41, 5.74) is 0. The van der Waals surface area contributed by atoms with Crippen LogP contribution < -0.4 is 0 Å². The van der Waals surface area contributed by atoms with Gasteiger partial charge in [-0.1, -0.05) is 0 Å². The summed E-state index contributed by atoms with van der Waals surface area (Å²) < 4.78 is 4.90. The summed E-state index contributed by atoms with van der Waals surface area (Å²) in [6.07, 6.45) is 1.55. The first-order valence-electron chi connectivity index (χ1n) is 2.69. The van der Waals surface area contributed by atoms with Crippen molar-refractivity contribution >= 4 is 0 Å². The molecule has 0 radical (unpaired) electrons. The fourth-order valence-corrected chi connectivity index (χ4v) is 0.622. The van der Waals surface area contributed by atoms with Crippen LogP contribution in [0.25, 0.3) is 0 Å². The second-order valence-electron chi connectivity index (χ2n) is 1.87. The van der Waals surface area contributed by atoms with Crippen molar-refractivity contribution in [3.63, 3.8) is 0 Å². The molecule has 0 fully saturated rings. The summed E-state index contributed by atoms with van der Waals surface area (Å²) in [6, 6.07) is 3.53. The molecule has 0 aliphatic carbocycles. The highest BCUT2D eigenvalue weighted by molar-refractivity contribution is 4.97. The molecule has 9 heavy (non-hydrogen) atoms. The van der Waals surface area contributed by atoms with E-state index in [-0.39, 0.29) is 0 Å². The molecule has 0 atom stereocenters. The molecule has 3 heteroatoms. The number of hydrogen-bond acceptors (Lipinski definition) is 3. The Kier molecular flexibility index (Phi) is 1.87. The van der Waals surface area contributed by atoms with Crippen molar-refractivity contribution < 1.29 is 4.42 Å². The highest BCUT2D eigenvalue weighted by atomic mass is 16.5. The van der Waals surface area contributed by atoms with Gasteiger partial charge in [0.15, 0.2) is 0 Å². The van der Waals surface area contributed by atoms with Crippen LogP contribution in [-0.4, -0.2) is 12.1 Å². The lowest BCUT2D eigenvalue weighted by Crippen LogP contribution is -2.06. The fraction of sp³-hybridized carbons (Fsp3) is 0.333. The van der Waals surface area contributed by atoms with Crippen LogP contribution in [0.3, 0.4) is 0 Å². The highest BCUT2D eigenvalue weighted by Gasteiger charge is 1.90. The largest absolute Gasteiger partial charge is 0.785 e.